The van der Waals surface area contributed by atoms with Crippen molar-refractivity contribution < 1.29 is 19.1 Å². The number of hydrogen-bond donors (Lipinski definition) is 3. The van der Waals surface area contributed by atoms with Gasteiger partial charge in [0.1, 0.15) is 17.0 Å². The van der Waals surface area contributed by atoms with E-state index >= 15 is 0 Å². The van der Waals surface area contributed by atoms with Crippen LogP contribution in [0.3, 0.4) is 0 Å². The summed E-state index contributed by atoms with van der Waals surface area (Å²) in [5, 5.41) is 8.62. The summed E-state index contributed by atoms with van der Waals surface area (Å²) in [7, 11) is 0. The van der Waals surface area contributed by atoms with E-state index in [1.807, 2.05) is 38.1 Å². The molecule has 0 saturated heterocycles. The van der Waals surface area contributed by atoms with Gasteiger partial charge in [-0.15, -0.1) is 0 Å². The smallest absolute Gasteiger partial charge is 0.412 e. The standard InChI is InChI=1S/C23H28BrN3O4/c1-22(2,3)31-21(29)26-16-9-10-19-17(12-16)18(13-23(4,5)30-19)27-20(28)25-15-8-6-7-14(24)11-15/h6-12,18H,13H2,1-5H3,(H,26,29)(H2,25,27,28)/t18-/m1/s1. The summed E-state index contributed by atoms with van der Waals surface area (Å²) in [4.78, 5) is 24.8. The van der Waals surface area contributed by atoms with Gasteiger partial charge in [-0.05, 0) is 71.0 Å². The Labute approximate surface area is 191 Å². The number of urea groups is 1. The first-order chi connectivity index (χ1) is 14.4. The van der Waals surface area contributed by atoms with E-state index in [1.165, 1.54) is 0 Å². The zero-order chi connectivity index (χ0) is 22.8. The van der Waals surface area contributed by atoms with Crippen LogP contribution in [0.1, 0.15) is 52.6 Å². The number of carbonyl (C=O) groups excluding carboxylic acids is 2. The van der Waals surface area contributed by atoms with Gasteiger partial charge < -0.3 is 20.1 Å². The number of ether oxygens (including phenoxy) is 2. The summed E-state index contributed by atoms with van der Waals surface area (Å²) in [6.45, 7) is 9.37. The van der Waals surface area contributed by atoms with E-state index in [1.54, 1.807) is 39.0 Å². The molecule has 166 valence electrons. The Morgan fingerprint density at radius 1 is 1.10 bits per heavy atom. The van der Waals surface area contributed by atoms with Crippen LogP contribution in [-0.2, 0) is 4.74 Å². The van der Waals surface area contributed by atoms with E-state index in [0.717, 1.165) is 10.0 Å². The van der Waals surface area contributed by atoms with Gasteiger partial charge in [0.2, 0.25) is 0 Å². The highest BCUT2D eigenvalue weighted by atomic mass is 79.9. The van der Waals surface area contributed by atoms with Crippen LogP contribution < -0.4 is 20.7 Å². The van der Waals surface area contributed by atoms with E-state index in [9.17, 15) is 9.59 Å². The van der Waals surface area contributed by atoms with Gasteiger partial charge >= 0.3 is 12.1 Å². The number of hydrogen-bond acceptors (Lipinski definition) is 4. The maximum absolute atomic E-state index is 12.7. The average molecular weight is 490 g/mol. The third-order valence-corrected chi connectivity index (χ3v) is 4.99. The second-order valence-corrected chi connectivity index (χ2v) is 10.0. The molecule has 1 heterocycles. The fourth-order valence-corrected chi connectivity index (χ4v) is 3.77. The predicted molar refractivity (Wildman–Crippen MR) is 125 cm³/mol. The minimum atomic E-state index is -0.597. The fourth-order valence-electron chi connectivity index (χ4n) is 3.37. The summed E-state index contributed by atoms with van der Waals surface area (Å²) in [5.41, 5.74) is 0.979. The molecule has 0 saturated carbocycles. The fraction of sp³-hybridized carbons (Fsp3) is 0.391. The van der Waals surface area contributed by atoms with Crippen molar-refractivity contribution in [2.75, 3.05) is 10.6 Å². The Hall–Kier alpha value is -2.74. The van der Waals surface area contributed by atoms with Crippen LogP contribution in [0, 0.1) is 0 Å². The van der Waals surface area contributed by atoms with Crippen LogP contribution >= 0.6 is 15.9 Å². The van der Waals surface area contributed by atoms with Gasteiger partial charge in [-0.3, -0.25) is 5.32 Å². The first-order valence-corrected chi connectivity index (χ1v) is 10.9. The number of benzene rings is 2. The lowest BCUT2D eigenvalue weighted by Gasteiger charge is -2.38. The lowest BCUT2D eigenvalue weighted by atomic mass is 9.89. The Morgan fingerprint density at radius 2 is 1.81 bits per heavy atom. The number of nitrogens with one attached hydrogen (secondary N) is 3. The molecule has 1 aliphatic rings. The lowest BCUT2D eigenvalue weighted by Crippen LogP contribution is -2.42. The molecule has 0 aromatic heterocycles. The molecule has 2 aromatic carbocycles. The van der Waals surface area contributed by atoms with Gasteiger partial charge in [0.15, 0.2) is 0 Å². The lowest BCUT2D eigenvalue weighted by molar-refractivity contribution is 0.0631. The van der Waals surface area contributed by atoms with Crippen LogP contribution in [-0.4, -0.2) is 23.3 Å². The van der Waals surface area contributed by atoms with Crippen LogP contribution in [0.4, 0.5) is 21.0 Å². The molecule has 8 heteroatoms. The monoisotopic (exact) mass is 489 g/mol. The van der Waals surface area contributed by atoms with Crippen molar-refractivity contribution in [1.29, 1.82) is 0 Å². The van der Waals surface area contributed by atoms with Crippen molar-refractivity contribution in [3.63, 3.8) is 0 Å². The minimum absolute atomic E-state index is 0.300. The van der Waals surface area contributed by atoms with Gasteiger partial charge in [-0.25, -0.2) is 9.59 Å². The van der Waals surface area contributed by atoms with E-state index < -0.39 is 17.3 Å². The number of fused-ring (bicyclic) bond motifs is 1. The molecule has 1 atom stereocenters. The van der Waals surface area contributed by atoms with Gasteiger partial charge in [0.25, 0.3) is 0 Å². The Bertz CT molecular complexity index is 985. The summed E-state index contributed by atoms with van der Waals surface area (Å²) in [6, 6.07) is 12.1. The molecule has 0 spiro atoms. The molecule has 31 heavy (non-hydrogen) atoms. The molecule has 7 nitrogen and oxygen atoms in total. The molecule has 0 bridgehead atoms. The molecule has 0 aliphatic carbocycles. The molecule has 3 N–H and O–H groups in total. The van der Waals surface area contributed by atoms with Crippen LogP contribution in [0.2, 0.25) is 0 Å². The first-order valence-electron chi connectivity index (χ1n) is 10.1. The van der Waals surface area contributed by atoms with Crippen molar-refractivity contribution in [3.8, 4) is 5.75 Å². The highest BCUT2D eigenvalue weighted by Gasteiger charge is 2.35. The predicted octanol–water partition coefficient (Wildman–Crippen LogP) is 6.22. The third kappa shape index (κ3) is 6.62. The molecule has 3 rings (SSSR count). The number of rotatable bonds is 3. The second kappa shape index (κ2) is 8.78. The third-order valence-electron chi connectivity index (χ3n) is 4.50. The molecule has 2 aromatic rings. The van der Waals surface area contributed by atoms with Crippen molar-refractivity contribution in [1.82, 2.24) is 5.32 Å². The molecule has 0 fully saturated rings. The highest BCUT2D eigenvalue weighted by molar-refractivity contribution is 9.10. The Morgan fingerprint density at radius 3 is 2.48 bits per heavy atom. The van der Waals surface area contributed by atoms with E-state index in [0.29, 0.717) is 23.5 Å². The maximum atomic E-state index is 12.7. The number of amides is 3. The molecule has 3 amide bonds. The molecule has 0 unspecified atom stereocenters. The topological polar surface area (TPSA) is 88.7 Å². The van der Waals surface area contributed by atoms with Crippen LogP contribution in [0.5, 0.6) is 5.75 Å². The summed E-state index contributed by atoms with van der Waals surface area (Å²) >= 11 is 3.40. The molecular weight excluding hydrogens is 462 g/mol. The Balaban J connectivity index is 1.78. The molecular formula is C23H28BrN3O4. The van der Waals surface area contributed by atoms with Gasteiger partial charge in [0, 0.05) is 27.8 Å². The van der Waals surface area contributed by atoms with Gasteiger partial charge in [-0.2, -0.15) is 0 Å². The quantitative estimate of drug-likeness (QED) is 0.477. The zero-order valence-electron chi connectivity index (χ0n) is 18.3. The maximum Gasteiger partial charge on any atom is 0.412 e. The number of anilines is 2. The van der Waals surface area contributed by atoms with Gasteiger partial charge in [0.05, 0.1) is 6.04 Å². The SMILES string of the molecule is CC(C)(C)OC(=O)Nc1ccc2c(c1)[C@H](NC(=O)Nc1cccc(Br)c1)CC(C)(C)O2. The van der Waals surface area contributed by atoms with Crippen molar-refractivity contribution in [2.24, 2.45) is 0 Å². The normalized spacial score (nSPS) is 17.0. The summed E-state index contributed by atoms with van der Waals surface area (Å²) in [5.74, 6) is 0.666. The number of halogens is 1. The molecule has 1 aliphatic heterocycles. The number of carbonyl (C=O) groups is 2. The van der Waals surface area contributed by atoms with E-state index in [-0.39, 0.29) is 12.1 Å². The highest BCUT2D eigenvalue weighted by Crippen LogP contribution is 2.40. The van der Waals surface area contributed by atoms with Crippen LogP contribution in [0.25, 0.3) is 0 Å². The van der Waals surface area contributed by atoms with Crippen molar-refractivity contribution >= 4 is 39.4 Å². The van der Waals surface area contributed by atoms with E-state index in [2.05, 4.69) is 31.9 Å². The second-order valence-electron chi connectivity index (χ2n) is 9.11. The minimum Gasteiger partial charge on any atom is -0.487 e. The van der Waals surface area contributed by atoms with Crippen molar-refractivity contribution in [2.45, 2.75) is 58.3 Å². The van der Waals surface area contributed by atoms with Gasteiger partial charge in [-0.1, -0.05) is 22.0 Å². The summed E-state index contributed by atoms with van der Waals surface area (Å²) in [6.07, 6.45) is 0.0309. The molecule has 0 radical (unpaired) electrons. The average Bonchev–Trinajstić information content (AvgIpc) is 2.59. The Kier molecular flexibility index (Phi) is 6.50. The van der Waals surface area contributed by atoms with Crippen LogP contribution in [0.15, 0.2) is 46.9 Å². The van der Waals surface area contributed by atoms with Crippen molar-refractivity contribution in [3.05, 3.63) is 52.5 Å². The van der Waals surface area contributed by atoms with E-state index in [4.69, 9.17) is 9.47 Å². The zero-order valence-corrected chi connectivity index (χ0v) is 19.9. The summed E-state index contributed by atoms with van der Waals surface area (Å²) < 4.78 is 12.3. The first kappa shape index (κ1) is 22.9. The largest absolute Gasteiger partial charge is 0.487 e.